The van der Waals surface area contributed by atoms with Gasteiger partial charge in [-0.2, -0.15) is 0 Å². The molecule has 0 aliphatic carbocycles. The van der Waals surface area contributed by atoms with Gasteiger partial charge in [0.25, 0.3) is 0 Å². The topological polar surface area (TPSA) is 44.2 Å². The van der Waals surface area contributed by atoms with E-state index in [1.165, 1.54) is 0 Å². The Morgan fingerprint density at radius 3 is 2.42 bits per heavy atom. The van der Waals surface area contributed by atoms with Gasteiger partial charge in [-0.1, -0.05) is 35.9 Å². The minimum absolute atomic E-state index is 0.337. The maximum atomic E-state index is 5.83. The molecule has 0 radical (unpaired) electrons. The molecule has 2 heterocycles. The summed E-state index contributed by atoms with van der Waals surface area (Å²) in [7, 11) is 1.64. The highest BCUT2D eigenvalue weighted by Crippen LogP contribution is 2.32. The van der Waals surface area contributed by atoms with Crippen LogP contribution >= 0.6 is 22.9 Å². The third-order valence-electron chi connectivity index (χ3n) is 3.48. The minimum Gasteiger partial charge on any atom is -0.352 e. The van der Waals surface area contributed by atoms with Gasteiger partial charge in [0.15, 0.2) is 6.29 Å². The van der Waals surface area contributed by atoms with Gasteiger partial charge in [0.1, 0.15) is 10.2 Å². The number of thiazole rings is 1. The molecule has 4 nitrogen and oxygen atoms in total. The molecular weight excluding hydrogens is 344 g/mol. The van der Waals surface area contributed by atoms with Gasteiger partial charge in [-0.15, -0.1) is 11.3 Å². The van der Waals surface area contributed by atoms with E-state index in [0.29, 0.717) is 11.8 Å². The smallest absolute Gasteiger partial charge is 0.183 e. The molecule has 24 heavy (non-hydrogen) atoms. The van der Waals surface area contributed by atoms with E-state index in [2.05, 4.69) is 9.97 Å². The number of ether oxygens (including phenoxy) is 2. The maximum absolute atomic E-state index is 5.83. The third-order valence-corrected chi connectivity index (χ3v) is 4.80. The predicted octanol–water partition coefficient (Wildman–Crippen LogP) is 5.21. The largest absolute Gasteiger partial charge is 0.352 e. The van der Waals surface area contributed by atoms with Crippen molar-refractivity contribution in [1.82, 2.24) is 9.97 Å². The van der Waals surface area contributed by atoms with E-state index < -0.39 is 0 Å². The summed E-state index contributed by atoms with van der Waals surface area (Å²) >= 11 is 7.45. The Labute approximate surface area is 150 Å². The molecule has 0 fully saturated rings. The number of hydrogen-bond donors (Lipinski definition) is 0. The highest BCUT2D eigenvalue weighted by molar-refractivity contribution is 7.18. The van der Waals surface area contributed by atoms with Crippen LogP contribution in [0.4, 0.5) is 0 Å². The highest BCUT2D eigenvalue weighted by Gasteiger charge is 2.11. The number of benzene rings is 1. The Hall–Kier alpha value is -1.79. The quantitative estimate of drug-likeness (QED) is 0.447. The van der Waals surface area contributed by atoms with Crippen LogP contribution in [0.2, 0.25) is 5.15 Å². The number of aromatic nitrogens is 2. The van der Waals surface area contributed by atoms with Gasteiger partial charge in [-0.05, 0) is 19.1 Å². The molecule has 0 spiro atoms. The van der Waals surface area contributed by atoms with Crippen LogP contribution in [0.15, 0.2) is 48.8 Å². The molecule has 0 bridgehead atoms. The molecule has 6 heteroatoms. The van der Waals surface area contributed by atoms with Crippen LogP contribution in [-0.4, -0.2) is 23.7 Å². The van der Waals surface area contributed by atoms with Crippen LogP contribution in [0.25, 0.3) is 21.0 Å². The van der Waals surface area contributed by atoms with E-state index in [-0.39, 0.29) is 6.29 Å². The second-order valence-electron chi connectivity index (χ2n) is 5.04. The summed E-state index contributed by atoms with van der Waals surface area (Å²) in [4.78, 5) is 9.68. The van der Waals surface area contributed by atoms with Crippen LogP contribution in [0.3, 0.4) is 0 Å². The van der Waals surface area contributed by atoms with Crippen LogP contribution in [0.5, 0.6) is 0 Å². The molecule has 1 atom stereocenters. The molecule has 124 valence electrons. The first-order valence-corrected chi connectivity index (χ1v) is 8.73. The van der Waals surface area contributed by atoms with Gasteiger partial charge in [0, 0.05) is 42.8 Å². The zero-order valence-electron chi connectivity index (χ0n) is 13.4. The van der Waals surface area contributed by atoms with E-state index in [1.807, 2.05) is 43.5 Å². The van der Waals surface area contributed by atoms with Gasteiger partial charge < -0.3 is 9.47 Å². The number of pyridine rings is 1. The normalized spacial score (nSPS) is 12.3. The van der Waals surface area contributed by atoms with Gasteiger partial charge in [-0.25, -0.2) is 9.97 Å². The zero-order chi connectivity index (χ0) is 16.9. The van der Waals surface area contributed by atoms with Gasteiger partial charge in [0.05, 0.1) is 4.88 Å². The summed E-state index contributed by atoms with van der Waals surface area (Å²) in [5.74, 6) is 0. The molecule has 1 unspecified atom stereocenters. The minimum atomic E-state index is -0.337. The lowest BCUT2D eigenvalue weighted by Gasteiger charge is -2.15. The number of rotatable bonds is 6. The molecule has 2 aromatic heterocycles. The van der Waals surface area contributed by atoms with E-state index in [1.54, 1.807) is 30.7 Å². The highest BCUT2D eigenvalue weighted by atomic mass is 35.5. The van der Waals surface area contributed by atoms with Crippen LogP contribution < -0.4 is 0 Å². The first kappa shape index (κ1) is 17.0. The fraction of sp³-hybridized carbons (Fsp3) is 0.222. The predicted molar refractivity (Wildman–Crippen MR) is 97.2 cm³/mol. The summed E-state index contributed by atoms with van der Waals surface area (Å²) in [5, 5.41) is 1.44. The summed E-state index contributed by atoms with van der Waals surface area (Å²) in [6.45, 7) is 2.55. The molecule has 0 amide bonds. The summed E-state index contributed by atoms with van der Waals surface area (Å²) in [5.41, 5.74) is 3.06. The van der Waals surface area contributed by atoms with Crippen molar-refractivity contribution in [3.05, 3.63) is 59.5 Å². The van der Waals surface area contributed by atoms with Crippen molar-refractivity contribution in [1.29, 1.82) is 0 Å². The van der Waals surface area contributed by atoms with Crippen LogP contribution in [0.1, 0.15) is 18.8 Å². The van der Waals surface area contributed by atoms with E-state index in [0.717, 1.165) is 26.6 Å². The molecule has 0 aliphatic rings. The average molecular weight is 361 g/mol. The standard InChI is InChI=1S/C18H17ClN2O2S/c1-3-23-18(22-2)13-6-4-12(5-7-13)17-21-11-15(24-17)14-8-9-16(19)20-10-14/h4-11,18H,3H2,1-2H3. The molecule has 3 rings (SSSR count). The molecular formula is C18H17ClN2O2S. The lowest BCUT2D eigenvalue weighted by atomic mass is 10.1. The molecule has 0 aliphatic heterocycles. The van der Waals surface area contributed by atoms with Gasteiger partial charge in [-0.3, -0.25) is 0 Å². The van der Waals surface area contributed by atoms with E-state index >= 15 is 0 Å². The SMILES string of the molecule is CCOC(OC)c1ccc(-c2ncc(-c3ccc(Cl)nc3)s2)cc1. The Morgan fingerprint density at radius 2 is 1.79 bits per heavy atom. The summed E-state index contributed by atoms with van der Waals surface area (Å²) in [6.07, 6.45) is 3.28. The van der Waals surface area contributed by atoms with E-state index in [4.69, 9.17) is 21.1 Å². The van der Waals surface area contributed by atoms with Crippen molar-refractivity contribution in [2.24, 2.45) is 0 Å². The Kier molecular flexibility index (Phi) is 5.58. The van der Waals surface area contributed by atoms with Crippen molar-refractivity contribution in [2.75, 3.05) is 13.7 Å². The van der Waals surface area contributed by atoms with Crippen molar-refractivity contribution >= 4 is 22.9 Å². The lowest BCUT2D eigenvalue weighted by Crippen LogP contribution is -2.06. The second-order valence-corrected chi connectivity index (χ2v) is 6.46. The van der Waals surface area contributed by atoms with Crippen LogP contribution in [-0.2, 0) is 9.47 Å². The van der Waals surface area contributed by atoms with E-state index in [9.17, 15) is 0 Å². The number of methoxy groups -OCH3 is 1. The Balaban J connectivity index is 1.81. The van der Waals surface area contributed by atoms with Crippen molar-refractivity contribution in [3.63, 3.8) is 0 Å². The maximum Gasteiger partial charge on any atom is 0.183 e. The molecule has 0 saturated carbocycles. The van der Waals surface area contributed by atoms with Crippen molar-refractivity contribution in [3.8, 4) is 21.0 Å². The third kappa shape index (κ3) is 3.82. The Morgan fingerprint density at radius 1 is 1.04 bits per heavy atom. The van der Waals surface area contributed by atoms with Crippen LogP contribution in [0, 0.1) is 0 Å². The average Bonchev–Trinajstić information content (AvgIpc) is 3.10. The second kappa shape index (κ2) is 7.85. The van der Waals surface area contributed by atoms with Crippen molar-refractivity contribution in [2.45, 2.75) is 13.2 Å². The fourth-order valence-electron chi connectivity index (χ4n) is 2.30. The molecule has 3 aromatic rings. The monoisotopic (exact) mass is 360 g/mol. The zero-order valence-corrected chi connectivity index (χ0v) is 15.0. The first-order chi connectivity index (χ1) is 11.7. The van der Waals surface area contributed by atoms with Crippen molar-refractivity contribution < 1.29 is 9.47 Å². The summed E-state index contributed by atoms with van der Waals surface area (Å²) in [6, 6.07) is 11.8. The first-order valence-electron chi connectivity index (χ1n) is 7.53. The Bertz CT molecular complexity index is 788. The number of hydrogen-bond acceptors (Lipinski definition) is 5. The number of nitrogens with zero attached hydrogens (tertiary/aromatic N) is 2. The number of halogens is 1. The molecule has 1 aromatic carbocycles. The molecule has 0 N–H and O–H groups in total. The summed E-state index contributed by atoms with van der Waals surface area (Å²) < 4.78 is 10.9. The molecule has 0 saturated heterocycles. The lowest BCUT2D eigenvalue weighted by molar-refractivity contribution is -0.124. The van der Waals surface area contributed by atoms with Gasteiger partial charge >= 0.3 is 0 Å². The fourth-order valence-corrected chi connectivity index (χ4v) is 3.32. The van der Waals surface area contributed by atoms with Gasteiger partial charge in [0.2, 0.25) is 0 Å².